The molecule has 0 aliphatic heterocycles. The molecule has 17 heavy (non-hydrogen) atoms. The second-order valence-corrected chi connectivity index (χ2v) is 3.58. The van der Waals surface area contributed by atoms with Gasteiger partial charge in [0, 0.05) is 26.2 Å². The van der Waals surface area contributed by atoms with E-state index in [0.717, 1.165) is 6.42 Å². The number of halogens is 1. The standard InChI is InChI=1S/C11H16ClNO4/c1-15-6-3-7-17-10-4-5-13(14)9(8-12)11(10)16-2/h4-5H,3,6-8H2,1-2H3. The van der Waals surface area contributed by atoms with Gasteiger partial charge in [0.25, 0.3) is 5.69 Å². The van der Waals surface area contributed by atoms with Crippen molar-refractivity contribution in [1.29, 1.82) is 0 Å². The van der Waals surface area contributed by atoms with E-state index in [-0.39, 0.29) is 5.88 Å². The first kappa shape index (κ1) is 13.9. The van der Waals surface area contributed by atoms with Gasteiger partial charge in [0.1, 0.15) is 5.88 Å². The van der Waals surface area contributed by atoms with Crippen molar-refractivity contribution >= 4 is 11.6 Å². The van der Waals surface area contributed by atoms with Gasteiger partial charge in [-0.25, -0.2) is 0 Å². The number of aromatic nitrogens is 1. The van der Waals surface area contributed by atoms with Crippen molar-refractivity contribution in [2.45, 2.75) is 12.3 Å². The normalized spacial score (nSPS) is 10.3. The predicted octanol–water partition coefficient (Wildman–Crippen LogP) is 1.48. The molecule has 0 N–H and O–H groups in total. The number of hydrogen-bond acceptors (Lipinski definition) is 4. The second-order valence-electron chi connectivity index (χ2n) is 3.31. The van der Waals surface area contributed by atoms with Crippen LogP contribution in [0.4, 0.5) is 0 Å². The van der Waals surface area contributed by atoms with Crippen molar-refractivity contribution in [3.05, 3.63) is 23.2 Å². The molecule has 0 saturated carbocycles. The van der Waals surface area contributed by atoms with Gasteiger partial charge in [-0.2, -0.15) is 4.73 Å². The van der Waals surface area contributed by atoms with E-state index < -0.39 is 0 Å². The van der Waals surface area contributed by atoms with Crippen LogP contribution in [0.15, 0.2) is 12.3 Å². The Morgan fingerprint density at radius 1 is 1.35 bits per heavy atom. The fraction of sp³-hybridized carbons (Fsp3) is 0.545. The van der Waals surface area contributed by atoms with Gasteiger partial charge in [0.2, 0.25) is 5.75 Å². The lowest BCUT2D eigenvalue weighted by molar-refractivity contribution is -0.613. The van der Waals surface area contributed by atoms with Gasteiger partial charge in [-0.15, -0.1) is 11.6 Å². The highest BCUT2D eigenvalue weighted by atomic mass is 35.5. The highest BCUT2D eigenvalue weighted by Gasteiger charge is 2.18. The van der Waals surface area contributed by atoms with Crippen LogP contribution in [0, 0.1) is 5.21 Å². The molecule has 6 heteroatoms. The predicted molar refractivity (Wildman–Crippen MR) is 63.5 cm³/mol. The largest absolute Gasteiger partial charge is 0.618 e. The quantitative estimate of drug-likeness (QED) is 0.323. The number of alkyl halides is 1. The molecule has 0 aliphatic rings. The minimum Gasteiger partial charge on any atom is -0.618 e. The Morgan fingerprint density at radius 3 is 2.71 bits per heavy atom. The number of rotatable bonds is 7. The van der Waals surface area contributed by atoms with Gasteiger partial charge in [-0.3, -0.25) is 0 Å². The lowest BCUT2D eigenvalue weighted by Gasteiger charge is -2.12. The van der Waals surface area contributed by atoms with Crippen LogP contribution in [0.25, 0.3) is 0 Å². The summed E-state index contributed by atoms with van der Waals surface area (Å²) in [5.74, 6) is 0.975. The summed E-state index contributed by atoms with van der Waals surface area (Å²) < 4.78 is 16.2. The SMILES string of the molecule is COCCCOc1cc[n+]([O-])c(CCl)c1OC. The first-order chi connectivity index (χ1) is 8.24. The zero-order valence-electron chi connectivity index (χ0n) is 9.94. The maximum Gasteiger partial charge on any atom is 0.253 e. The Balaban J connectivity index is 2.77. The van der Waals surface area contributed by atoms with Crippen LogP contribution >= 0.6 is 11.6 Å². The maximum atomic E-state index is 11.4. The summed E-state index contributed by atoms with van der Waals surface area (Å²) in [5, 5.41) is 11.4. The molecule has 0 fully saturated rings. The minimum absolute atomic E-state index is 0.0714. The summed E-state index contributed by atoms with van der Waals surface area (Å²) in [6.45, 7) is 1.12. The Kier molecular flexibility index (Phi) is 5.86. The van der Waals surface area contributed by atoms with Gasteiger partial charge < -0.3 is 19.4 Å². The van der Waals surface area contributed by atoms with E-state index in [4.69, 9.17) is 25.8 Å². The maximum absolute atomic E-state index is 11.4. The molecule has 1 heterocycles. The molecule has 0 bridgehead atoms. The molecule has 0 saturated heterocycles. The van der Waals surface area contributed by atoms with Crippen molar-refractivity contribution in [2.24, 2.45) is 0 Å². The molecule has 0 unspecified atom stereocenters. The van der Waals surface area contributed by atoms with Crippen LogP contribution in [-0.4, -0.2) is 27.4 Å². The summed E-state index contributed by atoms with van der Waals surface area (Å²) in [6, 6.07) is 1.56. The molecule has 0 aromatic carbocycles. The third-order valence-electron chi connectivity index (χ3n) is 2.19. The third kappa shape index (κ3) is 3.64. The molecular weight excluding hydrogens is 246 g/mol. The summed E-state index contributed by atoms with van der Waals surface area (Å²) in [6.07, 6.45) is 2.12. The number of methoxy groups -OCH3 is 2. The van der Waals surface area contributed by atoms with Gasteiger partial charge in [0.05, 0.1) is 13.7 Å². The summed E-state index contributed by atoms with van der Waals surface area (Å²) in [4.78, 5) is 0. The molecule has 1 aromatic heterocycles. The van der Waals surface area contributed by atoms with E-state index in [1.54, 1.807) is 13.2 Å². The van der Waals surface area contributed by atoms with Gasteiger partial charge >= 0.3 is 0 Å². The van der Waals surface area contributed by atoms with Gasteiger partial charge in [-0.05, 0) is 0 Å². The van der Waals surface area contributed by atoms with E-state index in [1.165, 1.54) is 13.3 Å². The van der Waals surface area contributed by atoms with Crippen LogP contribution in [-0.2, 0) is 10.6 Å². The molecular formula is C11H16ClNO4. The fourth-order valence-corrected chi connectivity index (χ4v) is 1.62. The molecule has 1 rings (SSSR count). The molecule has 0 aliphatic carbocycles. The summed E-state index contributed by atoms with van der Waals surface area (Å²) in [7, 11) is 3.11. The Morgan fingerprint density at radius 2 is 2.12 bits per heavy atom. The zero-order chi connectivity index (χ0) is 12.7. The van der Waals surface area contributed by atoms with Crippen LogP contribution < -0.4 is 14.2 Å². The Hall–Kier alpha value is -1.20. The number of pyridine rings is 1. The third-order valence-corrected chi connectivity index (χ3v) is 2.45. The van der Waals surface area contributed by atoms with Crippen LogP contribution in [0.5, 0.6) is 11.5 Å². The van der Waals surface area contributed by atoms with E-state index in [9.17, 15) is 5.21 Å². The smallest absolute Gasteiger partial charge is 0.253 e. The first-order valence-corrected chi connectivity index (χ1v) is 5.74. The highest BCUT2D eigenvalue weighted by Crippen LogP contribution is 2.29. The van der Waals surface area contributed by atoms with Gasteiger partial charge in [-0.1, -0.05) is 0 Å². The van der Waals surface area contributed by atoms with Crippen molar-refractivity contribution in [3.63, 3.8) is 0 Å². The lowest BCUT2D eigenvalue weighted by atomic mass is 10.3. The molecule has 5 nitrogen and oxygen atoms in total. The molecule has 0 amide bonds. The van der Waals surface area contributed by atoms with Crippen molar-refractivity contribution in [2.75, 3.05) is 27.4 Å². The first-order valence-electron chi connectivity index (χ1n) is 5.21. The summed E-state index contributed by atoms with van der Waals surface area (Å²) >= 11 is 5.70. The second kappa shape index (κ2) is 7.19. The van der Waals surface area contributed by atoms with Crippen LogP contribution in [0.1, 0.15) is 12.1 Å². The molecule has 0 atom stereocenters. The average molecular weight is 262 g/mol. The monoisotopic (exact) mass is 261 g/mol. The molecule has 1 aromatic rings. The molecule has 96 valence electrons. The topological polar surface area (TPSA) is 54.6 Å². The van der Waals surface area contributed by atoms with E-state index in [1.807, 2.05) is 0 Å². The number of hydrogen-bond donors (Lipinski definition) is 0. The average Bonchev–Trinajstić information content (AvgIpc) is 2.35. The van der Waals surface area contributed by atoms with E-state index in [0.29, 0.717) is 35.1 Å². The van der Waals surface area contributed by atoms with Gasteiger partial charge in [0.15, 0.2) is 11.9 Å². The molecule has 0 spiro atoms. The lowest BCUT2D eigenvalue weighted by Crippen LogP contribution is -2.31. The summed E-state index contributed by atoms with van der Waals surface area (Å²) in [5.41, 5.74) is 0.346. The van der Waals surface area contributed by atoms with E-state index >= 15 is 0 Å². The zero-order valence-corrected chi connectivity index (χ0v) is 10.7. The van der Waals surface area contributed by atoms with Crippen molar-refractivity contribution < 1.29 is 18.9 Å². The minimum atomic E-state index is 0.0714. The van der Waals surface area contributed by atoms with Crippen molar-refractivity contribution in [1.82, 2.24) is 0 Å². The number of nitrogens with zero attached hydrogens (tertiary/aromatic N) is 1. The van der Waals surface area contributed by atoms with Crippen LogP contribution in [0.2, 0.25) is 0 Å². The molecule has 0 radical (unpaired) electrons. The highest BCUT2D eigenvalue weighted by molar-refractivity contribution is 6.17. The Bertz CT molecular complexity index is 360. The fourth-order valence-electron chi connectivity index (χ4n) is 1.38. The van der Waals surface area contributed by atoms with E-state index in [2.05, 4.69) is 0 Å². The number of ether oxygens (including phenoxy) is 3. The Labute approximate surface area is 105 Å². The van der Waals surface area contributed by atoms with Crippen molar-refractivity contribution in [3.8, 4) is 11.5 Å². The van der Waals surface area contributed by atoms with Crippen LogP contribution in [0.3, 0.4) is 0 Å².